The Morgan fingerprint density at radius 3 is 1.45 bits per heavy atom. The molecule has 20 heavy (non-hydrogen) atoms. The van der Waals surface area contributed by atoms with Gasteiger partial charge in [-0.3, -0.25) is 0 Å². The van der Waals surface area contributed by atoms with Crippen LogP contribution in [-0.4, -0.2) is 3.42 Å². The molecule has 0 nitrogen and oxygen atoms in total. The van der Waals surface area contributed by atoms with Crippen molar-refractivity contribution < 1.29 is 0 Å². The van der Waals surface area contributed by atoms with Gasteiger partial charge in [-0.05, 0) is 42.4 Å². The van der Waals surface area contributed by atoms with E-state index in [1.807, 2.05) is 0 Å². The zero-order chi connectivity index (χ0) is 16.2. The normalized spacial score (nSPS) is 48.6. The number of rotatable bonds is 0. The molecule has 2 rings (SSSR count). The third kappa shape index (κ3) is 1.14. The Balaban J connectivity index is 3.06. The first-order valence-corrected chi connectivity index (χ1v) is 9.02. The quantitative estimate of drug-likeness (QED) is 0.248. The van der Waals surface area contributed by atoms with Gasteiger partial charge in [0.25, 0.3) is 0 Å². The predicted octanol–water partition coefficient (Wildman–Crippen LogP) is 6.63. The Labute approximate surface area is 140 Å². The Bertz CT molecular complexity index is 504. The van der Waals surface area contributed by atoms with Gasteiger partial charge < -0.3 is 0 Å². The van der Waals surface area contributed by atoms with Crippen molar-refractivity contribution in [2.45, 2.75) is 79.6 Å². The molecule has 1 fully saturated rings. The zero-order valence-corrected chi connectivity index (χ0v) is 17.5. The molecular formula is C19H33I. The zero-order valence-electron chi connectivity index (χ0n) is 15.4. The average molecular weight is 388 g/mol. The highest BCUT2D eigenvalue weighted by Gasteiger charge is 2.81. The highest BCUT2D eigenvalue weighted by Crippen LogP contribution is 2.86. The molecule has 0 aromatic carbocycles. The van der Waals surface area contributed by atoms with E-state index in [1.165, 1.54) is 0 Å². The van der Waals surface area contributed by atoms with Gasteiger partial charge in [0, 0.05) is 8.84 Å². The molecule has 0 radical (unpaired) electrons. The molecule has 0 heterocycles. The van der Waals surface area contributed by atoms with E-state index in [0.717, 1.165) is 0 Å². The molecule has 2 aliphatic rings. The SMILES string of the molecule is CC1=C(C)C2(C)C(C)(C)C(C)(I)C(C)(C1(C)C)C2(C)C. The Morgan fingerprint density at radius 1 is 0.650 bits per heavy atom. The molecule has 0 aromatic rings. The van der Waals surface area contributed by atoms with Crippen molar-refractivity contribution in [3.05, 3.63) is 11.1 Å². The summed E-state index contributed by atoms with van der Waals surface area (Å²) in [6.45, 7) is 27.4. The summed E-state index contributed by atoms with van der Waals surface area (Å²) in [7, 11) is 0. The van der Waals surface area contributed by atoms with Gasteiger partial charge in [0.1, 0.15) is 0 Å². The molecular weight excluding hydrogens is 355 g/mol. The number of hydrogen-bond acceptors (Lipinski definition) is 0. The third-order valence-electron chi connectivity index (χ3n) is 9.36. The number of alkyl halides is 1. The van der Waals surface area contributed by atoms with Crippen LogP contribution in [0.4, 0.5) is 0 Å². The van der Waals surface area contributed by atoms with E-state index in [4.69, 9.17) is 0 Å². The van der Waals surface area contributed by atoms with Crippen LogP contribution in [0.3, 0.4) is 0 Å². The van der Waals surface area contributed by atoms with E-state index in [-0.39, 0.29) is 30.5 Å². The molecule has 2 bridgehead atoms. The van der Waals surface area contributed by atoms with Crippen molar-refractivity contribution >= 4 is 22.6 Å². The summed E-state index contributed by atoms with van der Waals surface area (Å²) in [5, 5.41) is 0. The molecule has 116 valence electrons. The second-order valence-electron chi connectivity index (χ2n) is 9.38. The van der Waals surface area contributed by atoms with E-state index < -0.39 is 0 Å². The van der Waals surface area contributed by atoms with Gasteiger partial charge in [-0.15, -0.1) is 0 Å². The van der Waals surface area contributed by atoms with Crippen LogP contribution < -0.4 is 0 Å². The second-order valence-corrected chi connectivity index (χ2v) is 11.5. The van der Waals surface area contributed by atoms with Crippen molar-refractivity contribution in [2.75, 3.05) is 0 Å². The predicted molar refractivity (Wildman–Crippen MR) is 98.4 cm³/mol. The lowest BCUT2D eigenvalue weighted by Crippen LogP contribution is -2.57. The van der Waals surface area contributed by atoms with Crippen LogP contribution in [0, 0.1) is 27.1 Å². The smallest absolute Gasteiger partial charge is 0.0320 e. The fourth-order valence-electron chi connectivity index (χ4n) is 6.49. The lowest BCUT2D eigenvalue weighted by molar-refractivity contribution is -0.0591. The summed E-state index contributed by atoms with van der Waals surface area (Å²) in [6, 6.07) is 0. The van der Waals surface area contributed by atoms with E-state index >= 15 is 0 Å². The van der Waals surface area contributed by atoms with Gasteiger partial charge in [-0.2, -0.15) is 0 Å². The summed E-state index contributed by atoms with van der Waals surface area (Å²) in [4.78, 5) is 0. The summed E-state index contributed by atoms with van der Waals surface area (Å²) >= 11 is 2.80. The third-order valence-corrected chi connectivity index (χ3v) is 11.8. The van der Waals surface area contributed by atoms with Gasteiger partial charge in [0.15, 0.2) is 0 Å². The maximum atomic E-state index is 2.80. The number of fused-ring (bicyclic) bond motifs is 2. The first-order chi connectivity index (χ1) is 8.57. The van der Waals surface area contributed by atoms with Crippen molar-refractivity contribution in [3.8, 4) is 0 Å². The number of halogens is 1. The lowest BCUT2D eigenvalue weighted by atomic mass is 9.42. The molecule has 2 aliphatic carbocycles. The molecule has 3 atom stereocenters. The molecule has 3 unspecified atom stereocenters. The maximum absolute atomic E-state index is 2.80. The van der Waals surface area contributed by atoms with Crippen molar-refractivity contribution in [3.63, 3.8) is 0 Å². The summed E-state index contributed by atoms with van der Waals surface area (Å²) in [6.07, 6.45) is 0. The molecule has 0 saturated heterocycles. The average Bonchev–Trinajstić information content (AvgIpc) is 2.36. The van der Waals surface area contributed by atoms with Crippen molar-refractivity contribution in [2.24, 2.45) is 27.1 Å². The minimum Gasteiger partial charge on any atom is -0.0779 e. The highest BCUT2D eigenvalue weighted by atomic mass is 127. The second kappa shape index (κ2) is 3.68. The molecule has 0 aromatic heterocycles. The molecule has 1 saturated carbocycles. The standard InChI is InChI=1S/C19H33I/c1-12-13(2)17(9)15(5,6)18(10,14(12,3)4)19(11,20)16(17,7)8/h1-11H3. The molecule has 1 heteroatoms. The van der Waals surface area contributed by atoms with Crippen LogP contribution in [-0.2, 0) is 0 Å². The van der Waals surface area contributed by atoms with Crippen molar-refractivity contribution in [1.82, 2.24) is 0 Å². The monoisotopic (exact) mass is 388 g/mol. The largest absolute Gasteiger partial charge is 0.0779 e. The van der Waals surface area contributed by atoms with Crippen LogP contribution >= 0.6 is 22.6 Å². The molecule has 0 aliphatic heterocycles. The van der Waals surface area contributed by atoms with Crippen LogP contribution in [0.5, 0.6) is 0 Å². The first kappa shape index (κ1) is 16.8. The van der Waals surface area contributed by atoms with Crippen LogP contribution in [0.1, 0.15) is 76.2 Å². The van der Waals surface area contributed by atoms with Gasteiger partial charge in [-0.25, -0.2) is 0 Å². The maximum Gasteiger partial charge on any atom is 0.0320 e. The highest BCUT2D eigenvalue weighted by molar-refractivity contribution is 14.1. The minimum atomic E-state index is 0.226. The molecule has 0 amide bonds. The first-order valence-electron chi connectivity index (χ1n) is 7.94. The van der Waals surface area contributed by atoms with Gasteiger partial charge >= 0.3 is 0 Å². The van der Waals surface area contributed by atoms with E-state index in [1.54, 1.807) is 11.1 Å². The Morgan fingerprint density at radius 2 is 1.05 bits per heavy atom. The van der Waals surface area contributed by atoms with Crippen LogP contribution in [0.2, 0.25) is 0 Å². The summed E-state index contributed by atoms with van der Waals surface area (Å²) in [5.41, 5.74) is 4.51. The molecule has 0 N–H and O–H groups in total. The Hall–Kier alpha value is 0.470. The van der Waals surface area contributed by atoms with Gasteiger partial charge in [0.05, 0.1) is 0 Å². The van der Waals surface area contributed by atoms with E-state index in [0.29, 0.717) is 0 Å². The number of allylic oxidation sites excluding steroid dienone is 2. The lowest BCUT2D eigenvalue weighted by Gasteiger charge is -2.62. The fraction of sp³-hybridized carbons (Fsp3) is 0.895. The van der Waals surface area contributed by atoms with Crippen LogP contribution in [0.25, 0.3) is 0 Å². The van der Waals surface area contributed by atoms with E-state index in [9.17, 15) is 0 Å². The van der Waals surface area contributed by atoms with Crippen LogP contribution in [0.15, 0.2) is 11.1 Å². The van der Waals surface area contributed by atoms with Gasteiger partial charge in [-0.1, -0.05) is 89.1 Å². The summed E-state index contributed by atoms with van der Waals surface area (Å²) < 4.78 is 0.249. The summed E-state index contributed by atoms with van der Waals surface area (Å²) in [5.74, 6) is 0. The fourth-order valence-corrected chi connectivity index (χ4v) is 8.37. The topological polar surface area (TPSA) is 0 Å². The number of hydrogen-bond donors (Lipinski definition) is 0. The minimum absolute atomic E-state index is 0.226. The Kier molecular flexibility index (Phi) is 3.10. The molecule has 0 spiro atoms. The van der Waals surface area contributed by atoms with Crippen molar-refractivity contribution in [1.29, 1.82) is 0 Å². The van der Waals surface area contributed by atoms with E-state index in [2.05, 4.69) is 98.8 Å². The van der Waals surface area contributed by atoms with Gasteiger partial charge in [0.2, 0.25) is 0 Å².